The molecule has 2 N–H and O–H groups in total. The summed E-state index contributed by atoms with van der Waals surface area (Å²) in [5, 5.41) is 19.3. The molecule has 4 aliphatic carbocycles. The van der Waals surface area contributed by atoms with Crippen LogP contribution in [0, 0.1) is 46.3 Å². The van der Waals surface area contributed by atoms with Gasteiger partial charge >= 0.3 is 5.97 Å². The molecule has 0 spiro atoms. The Morgan fingerprint density at radius 3 is 2.44 bits per heavy atom. The minimum absolute atomic E-state index is 0.0561. The van der Waals surface area contributed by atoms with Crippen LogP contribution in [0.1, 0.15) is 91.4 Å². The molecule has 0 saturated heterocycles. The summed E-state index contributed by atoms with van der Waals surface area (Å²) in [5.74, 6) is 3.91. The highest BCUT2D eigenvalue weighted by atomic mass is 16.4. The van der Waals surface area contributed by atoms with Crippen LogP contribution in [0.2, 0.25) is 0 Å². The second-order valence-corrected chi connectivity index (χ2v) is 11.2. The number of carboxylic acid groups (broad SMARTS) is 1. The number of fused-ring (bicyclic) bond motifs is 5. The molecule has 27 heavy (non-hydrogen) atoms. The van der Waals surface area contributed by atoms with E-state index in [4.69, 9.17) is 5.11 Å². The van der Waals surface area contributed by atoms with Crippen LogP contribution in [0.4, 0.5) is 0 Å². The van der Waals surface area contributed by atoms with Crippen molar-refractivity contribution in [1.29, 1.82) is 0 Å². The van der Waals surface area contributed by atoms with Crippen molar-refractivity contribution < 1.29 is 15.0 Å². The molecule has 0 unspecified atom stereocenters. The van der Waals surface area contributed by atoms with Gasteiger partial charge in [-0.05, 0) is 111 Å². The zero-order chi connectivity index (χ0) is 19.4. The van der Waals surface area contributed by atoms with Gasteiger partial charge in [-0.15, -0.1) is 0 Å². The Bertz CT molecular complexity index is 574. The van der Waals surface area contributed by atoms with Crippen molar-refractivity contribution in [2.45, 2.75) is 97.5 Å². The van der Waals surface area contributed by atoms with Crippen LogP contribution in [-0.4, -0.2) is 22.3 Å². The third-order valence-electron chi connectivity index (χ3n) is 10.2. The standard InChI is InChI=1S/C24H40O3/c1-15(4-9-22(26)27)19-7-8-20-18-6-5-16-14-17(25)10-12-23(16,2)21(18)11-13-24(19,20)3/h15-21,25H,4-14H2,1-3H3,(H,26,27)/t15-,16+,17-,18+,19-,20-,21-,23+,24-/m1/s1. The first kappa shape index (κ1) is 19.7. The summed E-state index contributed by atoms with van der Waals surface area (Å²) < 4.78 is 0. The van der Waals surface area contributed by atoms with E-state index in [1.807, 2.05) is 0 Å². The highest BCUT2D eigenvalue weighted by molar-refractivity contribution is 5.66. The second kappa shape index (κ2) is 7.04. The number of carboxylic acids is 1. The topological polar surface area (TPSA) is 57.5 Å². The predicted molar refractivity (Wildman–Crippen MR) is 107 cm³/mol. The smallest absolute Gasteiger partial charge is 0.303 e. The largest absolute Gasteiger partial charge is 0.481 e. The fourth-order valence-electron chi connectivity index (χ4n) is 8.76. The van der Waals surface area contributed by atoms with Crippen molar-refractivity contribution in [3.8, 4) is 0 Å². The number of hydrogen-bond acceptors (Lipinski definition) is 2. The van der Waals surface area contributed by atoms with E-state index in [0.717, 1.165) is 42.9 Å². The summed E-state index contributed by atoms with van der Waals surface area (Å²) in [6.45, 7) is 7.43. The van der Waals surface area contributed by atoms with E-state index >= 15 is 0 Å². The van der Waals surface area contributed by atoms with E-state index in [1.165, 1.54) is 44.9 Å². The van der Waals surface area contributed by atoms with Gasteiger partial charge in [0, 0.05) is 6.42 Å². The Morgan fingerprint density at radius 1 is 1.00 bits per heavy atom. The van der Waals surface area contributed by atoms with Gasteiger partial charge in [-0.1, -0.05) is 20.8 Å². The highest BCUT2D eigenvalue weighted by Gasteiger charge is 2.60. The van der Waals surface area contributed by atoms with E-state index in [0.29, 0.717) is 29.1 Å². The third kappa shape index (κ3) is 3.16. The van der Waals surface area contributed by atoms with Gasteiger partial charge in [-0.25, -0.2) is 0 Å². The quantitative estimate of drug-likeness (QED) is 0.680. The first-order valence-electron chi connectivity index (χ1n) is 11.7. The van der Waals surface area contributed by atoms with Gasteiger partial charge in [0.2, 0.25) is 0 Å². The average molecular weight is 377 g/mol. The number of hydrogen-bond donors (Lipinski definition) is 2. The van der Waals surface area contributed by atoms with Crippen LogP contribution in [0.25, 0.3) is 0 Å². The summed E-state index contributed by atoms with van der Waals surface area (Å²) in [5.41, 5.74) is 0.882. The molecule has 4 saturated carbocycles. The van der Waals surface area contributed by atoms with Crippen LogP contribution in [0.3, 0.4) is 0 Å². The molecule has 4 aliphatic rings. The molecule has 3 heteroatoms. The maximum atomic E-state index is 11.0. The van der Waals surface area contributed by atoms with Gasteiger partial charge in [-0.3, -0.25) is 4.79 Å². The molecule has 4 fully saturated rings. The van der Waals surface area contributed by atoms with Crippen molar-refractivity contribution in [3.63, 3.8) is 0 Å². The SMILES string of the molecule is C[C@H](CCC(=O)O)[C@H]1CC[C@@H]2[C@@H]3CC[C@H]4C[C@H](O)CC[C@]4(C)[C@@H]3CC[C@@]21C. The highest BCUT2D eigenvalue weighted by Crippen LogP contribution is 2.68. The number of carbonyl (C=O) groups is 1. The number of rotatable bonds is 4. The Hall–Kier alpha value is -0.570. The van der Waals surface area contributed by atoms with Gasteiger partial charge in [-0.2, -0.15) is 0 Å². The van der Waals surface area contributed by atoms with Gasteiger partial charge < -0.3 is 10.2 Å². The Labute approximate surface area is 165 Å². The van der Waals surface area contributed by atoms with E-state index in [9.17, 15) is 9.90 Å². The summed E-state index contributed by atoms with van der Waals surface area (Å²) in [6.07, 6.45) is 12.4. The zero-order valence-corrected chi connectivity index (χ0v) is 17.6. The molecule has 0 radical (unpaired) electrons. The summed E-state index contributed by atoms with van der Waals surface area (Å²) in [6, 6.07) is 0. The van der Waals surface area contributed by atoms with E-state index in [1.54, 1.807) is 0 Å². The molecule has 0 aromatic rings. The van der Waals surface area contributed by atoms with Crippen molar-refractivity contribution in [2.24, 2.45) is 46.3 Å². The Morgan fingerprint density at radius 2 is 1.70 bits per heavy atom. The molecule has 0 amide bonds. The lowest BCUT2D eigenvalue weighted by atomic mass is 9.44. The third-order valence-corrected chi connectivity index (χ3v) is 10.2. The van der Waals surface area contributed by atoms with E-state index < -0.39 is 5.97 Å². The number of aliphatic hydroxyl groups excluding tert-OH is 1. The number of aliphatic hydroxyl groups is 1. The first-order chi connectivity index (χ1) is 12.8. The van der Waals surface area contributed by atoms with Gasteiger partial charge in [0.05, 0.1) is 6.10 Å². The molecule has 9 atom stereocenters. The van der Waals surface area contributed by atoms with E-state index in [2.05, 4.69) is 20.8 Å². The first-order valence-corrected chi connectivity index (χ1v) is 11.7. The summed E-state index contributed by atoms with van der Waals surface area (Å²) in [4.78, 5) is 11.0. The zero-order valence-electron chi connectivity index (χ0n) is 17.6. The summed E-state index contributed by atoms with van der Waals surface area (Å²) >= 11 is 0. The van der Waals surface area contributed by atoms with E-state index in [-0.39, 0.29) is 6.10 Å². The molecular formula is C24H40O3. The van der Waals surface area contributed by atoms with Crippen molar-refractivity contribution in [2.75, 3.05) is 0 Å². The summed E-state index contributed by atoms with van der Waals surface area (Å²) in [7, 11) is 0. The predicted octanol–water partition coefficient (Wildman–Crippen LogP) is 5.51. The molecule has 0 aromatic heterocycles. The molecule has 0 bridgehead atoms. The fraction of sp³-hybridized carbons (Fsp3) is 0.958. The maximum absolute atomic E-state index is 11.0. The molecule has 0 heterocycles. The molecule has 4 rings (SSSR count). The normalized spacial score (nSPS) is 50.4. The van der Waals surface area contributed by atoms with Crippen LogP contribution in [0.15, 0.2) is 0 Å². The lowest BCUT2D eigenvalue weighted by Gasteiger charge is -2.61. The van der Waals surface area contributed by atoms with Crippen molar-refractivity contribution >= 4 is 5.97 Å². The van der Waals surface area contributed by atoms with Gasteiger partial charge in [0.25, 0.3) is 0 Å². The monoisotopic (exact) mass is 376 g/mol. The molecule has 0 aliphatic heterocycles. The Kier molecular flexibility index (Phi) is 5.15. The van der Waals surface area contributed by atoms with Crippen LogP contribution < -0.4 is 0 Å². The molecule has 3 nitrogen and oxygen atoms in total. The lowest BCUT2D eigenvalue weighted by Crippen LogP contribution is -2.54. The van der Waals surface area contributed by atoms with Crippen LogP contribution >= 0.6 is 0 Å². The maximum Gasteiger partial charge on any atom is 0.303 e. The van der Waals surface area contributed by atoms with Crippen molar-refractivity contribution in [1.82, 2.24) is 0 Å². The molecular weight excluding hydrogens is 336 g/mol. The van der Waals surface area contributed by atoms with Crippen LogP contribution in [-0.2, 0) is 4.79 Å². The minimum Gasteiger partial charge on any atom is -0.481 e. The average Bonchev–Trinajstić information content (AvgIpc) is 2.97. The number of aliphatic carboxylic acids is 1. The van der Waals surface area contributed by atoms with Gasteiger partial charge in [0.1, 0.15) is 0 Å². The molecule has 154 valence electrons. The van der Waals surface area contributed by atoms with Gasteiger partial charge in [0.15, 0.2) is 0 Å². The molecule has 0 aromatic carbocycles. The van der Waals surface area contributed by atoms with Crippen LogP contribution in [0.5, 0.6) is 0 Å². The fourth-order valence-corrected chi connectivity index (χ4v) is 8.76. The Balaban J connectivity index is 1.51. The minimum atomic E-state index is -0.643. The second-order valence-electron chi connectivity index (χ2n) is 11.2. The lowest BCUT2D eigenvalue weighted by molar-refractivity contribution is -0.138. The van der Waals surface area contributed by atoms with Crippen molar-refractivity contribution in [3.05, 3.63) is 0 Å².